The van der Waals surface area contributed by atoms with E-state index < -0.39 is 10.0 Å². The Bertz CT molecular complexity index is 469. The van der Waals surface area contributed by atoms with E-state index in [0.29, 0.717) is 18.7 Å². The molecule has 2 unspecified atom stereocenters. The standard InChI is InChI=1S/C9H14N2O3S2/c1-6-8(2-3-14-6)11-16(12,13)9-4-7(10)5-15-9/h4-6,8,11H,2-3,10H2,1H3. The Kier molecular flexibility index (Phi) is 3.20. The Morgan fingerprint density at radius 1 is 1.62 bits per heavy atom. The summed E-state index contributed by atoms with van der Waals surface area (Å²) in [6.07, 6.45) is 0.633. The zero-order chi connectivity index (χ0) is 11.8. The van der Waals surface area contributed by atoms with E-state index in [1.807, 2.05) is 6.92 Å². The first kappa shape index (κ1) is 11.8. The fraction of sp³-hybridized carbons (Fsp3) is 0.556. The average Bonchev–Trinajstić information content (AvgIpc) is 2.77. The third-order valence-electron chi connectivity index (χ3n) is 2.54. The van der Waals surface area contributed by atoms with Crippen molar-refractivity contribution in [2.24, 2.45) is 0 Å². The molecule has 2 rings (SSSR count). The summed E-state index contributed by atoms with van der Waals surface area (Å²) in [5, 5.41) is 1.61. The molecule has 90 valence electrons. The van der Waals surface area contributed by atoms with Gasteiger partial charge in [0.25, 0.3) is 0 Å². The highest BCUT2D eigenvalue weighted by Gasteiger charge is 2.29. The number of thiophene rings is 1. The smallest absolute Gasteiger partial charge is 0.250 e. The quantitative estimate of drug-likeness (QED) is 0.843. The van der Waals surface area contributed by atoms with Crippen molar-refractivity contribution in [2.45, 2.75) is 29.7 Å². The third kappa shape index (κ3) is 2.37. The lowest BCUT2D eigenvalue weighted by atomic mass is 10.2. The van der Waals surface area contributed by atoms with Crippen LogP contribution >= 0.6 is 11.3 Å². The minimum Gasteiger partial charge on any atom is -0.398 e. The molecule has 0 spiro atoms. The van der Waals surface area contributed by atoms with Crippen molar-refractivity contribution >= 4 is 27.0 Å². The molecule has 1 aliphatic rings. The Labute approximate surface area is 98.7 Å². The summed E-state index contributed by atoms with van der Waals surface area (Å²) in [6, 6.07) is 1.32. The van der Waals surface area contributed by atoms with Crippen LogP contribution in [-0.4, -0.2) is 27.2 Å². The second-order valence-electron chi connectivity index (χ2n) is 3.79. The van der Waals surface area contributed by atoms with Crippen molar-refractivity contribution in [2.75, 3.05) is 12.3 Å². The van der Waals surface area contributed by atoms with Crippen molar-refractivity contribution in [1.29, 1.82) is 0 Å². The number of nitrogens with one attached hydrogen (secondary N) is 1. The molecule has 16 heavy (non-hydrogen) atoms. The van der Waals surface area contributed by atoms with Gasteiger partial charge in [0.05, 0.1) is 12.1 Å². The van der Waals surface area contributed by atoms with Crippen molar-refractivity contribution < 1.29 is 13.2 Å². The van der Waals surface area contributed by atoms with Gasteiger partial charge in [0.1, 0.15) is 4.21 Å². The summed E-state index contributed by atoms with van der Waals surface area (Å²) in [5.74, 6) is 0. The molecule has 1 aromatic heterocycles. The number of ether oxygens (including phenoxy) is 1. The maximum absolute atomic E-state index is 11.9. The second kappa shape index (κ2) is 4.33. The maximum Gasteiger partial charge on any atom is 0.250 e. The van der Waals surface area contributed by atoms with E-state index in [1.54, 1.807) is 5.38 Å². The number of anilines is 1. The predicted octanol–water partition coefficient (Wildman–Crippen LogP) is 0.786. The van der Waals surface area contributed by atoms with Crippen LogP contribution in [0.3, 0.4) is 0 Å². The minimum atomic E-state index is -3.45. The van der Waals surface area contributed by atoms with Gasteiger partial charge in [-0.3, -0.25) is 0 Å². The predicted molar refractivity (Wildman–Crippen MR) is 62.9 cm³/mol. The lowest BCUT2D eigenvalue weighted by molar-refractivity contribution is 0.117. The van der Waals surface area contributed by atoms with Gasteiger partial charge in [-0.15, -0.1) is 11.3 Å². The number of rotatable bonds is 3. The van der Waals surface area contributed by atoms with Crippen molar-refractivity contribution in [3.05, 3.63) is 11.4 Å². The van der Waals surface area contributed by atoms with Crippen LogP contribution in [0.4, 0.5) is 5.69 Å². The van der Waals surface area contributed by atoms with Crippen LogP contribution in [0.1, 0.15) is 13.3 Å². The van der Waals surface area contributed by atoms with E-state index in [-0.39, 0.29) is 16.4 Å². The van der Waals surface area contributed by atoms with Crippen LogP contribution in [0.15, 0.2) is 15.7 Å². The molecule has 3 N–H and O–H groups in total. The van der Waals surface area contributed by atoms with Crippen LogP contribution in [0, 0.1) is 0 Å². The molecule has 5 nitrogen and oxygen atoms in total. The topological polar surface area (TPSA) is 81.4 Å². The van der Waals surface area contributed by atoms with Crippen molar-refractivity contribution in [3.63, 3.8) is 0 Å². The molecule has 0 saturated carbocycles. The third-order valence-corrected chi connectivity index (χ3v) is 5.49. The van der Waals surface area contributed by atoms with Gasteiger partial charge in [-0.2, -0.15) is 0 Å². The van der Waals surface area contributed by atoms with Gasteiger partial charge in [-0.05, 0) is 19.4 Å². The average molecular weight is 262 g/mol. The van der Waals surface area contributed by atoms with Crippen LogP contribution < -0.4 is 10.5 Å². The highest BCUT2D eigenvalue weighted by Crippen LogP contribution is 2.23. The number of hydrogen-bond acceptors (Lipinski definition) is 5. The van der Waals surface area contributed by atoms with Crippen molar-refractivity contribution in [1.82, 2.24) is 4.72 Å². The molecule has 1 saturated heterocycles. The lowest BCUT2D eigenvalue weighted by Gasteiger charge is -2.15. The molecule has 0 amide bonds. The van der Waals surface area contributed by atoms with Gasteiger partial charge >= 0.3 is 0 Å². The Morgan fingerprint density at radius 3 is 2.88 bits per heavy atom. The van der Waals surface area contributed by atoms with E-state index in [0.717, 1.165) is 11.3 Å². The summed E-state index contributed by atoms with van der Waals surface area (Å²) in [7, 11) is -3.45. The van der Waals surface area contributed by atoms with Crippen LogP contribution in [0.25, 0.3) is 0 Å². The molecule has 2 heterocycles. The Hall–Kier alpha value is -0.630. The fourth-order valence-electron chi connectivity index (χ4n) is 1.62. The lowest BCUT2D eigenvalue weighted by Crippen LogP contribution is -2.38. The summed E-state index contributed by atoms with van der Waals surface area (Å²) >= 11 is 1.12. The molecule has 1 aromatic rings. The zero-order valence-electron chi connectivity index (χ0n) is 8.84. The molecule has 1 fully saturated rings. The van der Waals surface area contributed by atoms with Gasteiger partial charge in [-0.1, -0.05) is 0 Å². The summed E-state index contributed by atoms with van der Waals surface area (Å²) in [5.41, 5.74) is 5.98. The van der Waals surface area contributed by atoms with Gasteiger partial charge in [0.2, 0.25) is 10.0 Å². The SMILES string of the molecule is CC1OCCC1NS(=O)(=O)c1cc(N)cs1. The van der Waals surface area contributed by atoms with Gasteiger partial charge in [0.15, 0.2) is 0 Å². The summed E-state index contributed by atoms with van der Waals surface area (Å²) < 4.78 is 32.1. The summed E-state index contributed by atoms with van der Waals surface area (Å²) in [4.78, 5) is 0. The van der Waals surface area contributed by atoms with E-state index in [1.165, 1.54) is 6.07 Å². The normalized spacial score (nSPS) is 26.1. The molecule has 0 radical (unpaired) electrons. The Morgan fingerprint density at radius 2 is 2.38 bits per heavy atom. The van der Waals surface area contributed by atoms with E-state index in [9.17, 15) is 8.42 Å². The van der Waals surface area contributed by atoms with Crippen LogP contribution in [-0.2, 0) is 14.8 Å². The first-order valence-corrected chi connectivity index (χ1v) is 7.33. The molecular formula is C9H14N2O3S2. The van der Waals surface area contributed by atoms with E-state index >= 15 is 0 Å². The highest BCUT2D eigenvalue weighted by molar-refractivity contribution is 7.91. The van der Waals surface area contributed by atoms with E-state index in [4.69, 9.17) is 10.5 Å². The molecular weight excluding hydrogens is 248 g/mol. The zero-order valence-corrected chi connectivity index (χ0v) is 10.5. The molecule has 1 aliphatic heterocycles. The molecule has 0 aromatic carbocycles. The van der Waals surface area contributed by atoms with Gasteiger partial charge in [0, 0.05) is 17.7 Å². The van der Waals surface area contributed by atoms with E-state index in [2.05, 4.69) is 4.72 Å². The highest BCUT2D eigenvalue weighted by atomic mass is 32.2. The molecule has 0 bridgehead atoms. The largest absolute Gasteiger partial charge is 0.398 e. The number of nitrogen functional groups attached to an aromatic ring is 1. The monoisotopic (exact) mass is 262 g/mol. The van der Waals surface area contributed by atoms with Gasteiger partial charge < -0.3 is 10.5 Å². The fourth-order valence-corrected chi connectivity index (χ4v) is 4.05. The summed E-state index contributed by atoms with van der Waals surface area (Å²) in [6.45, 7) is 2.46. The van der Waals surface area contributed by atoms with Crippen LogP contribution in [0.5, 0.6) is 0 Å². The van der Waals surface area contributed by atoms with Crippen LogP contribution in [0.2, 0.25) is 0 Å². The number of sulfonamides is 1. The molecule has 7 heteroatoms. The number of hydrogen-bond donors (Lipinski definition) is 2. The second-order valence-corrected chi connectivity index (χ2v) is 6.64. The number of nitrogens with two attached hydrogens (primary N) is 1. The minimum absolute atomic E-state index is 0.0768. The van der Waals surface area contributed by atoms with Crippen molar-refractivity contribution in [3.8, 4) is 0 Å². The molecule has 0 aliphatic carbocycles. The molecule has 2 atom stereocenters. The Balaban J connectivity index is 2.14. The maximum atomic E-state index is 11.9. The first-order chi connectivity index (χ1) is 7.49. The van der Waals surface area contributed by atoms with Gasteiger partial charge in [-0.25, -0.2) is 13.1 Å². The first-order valence-electron chi connectivity index (χ1n) is 4.97.